The molecule has 0 unspecified atom stereocenters. The maximum Gasteiger partial charge on any atom is 0.308 e. The van der Waals surface area contributed by atoms with Crippen LogP contribution in [0, 0.1) is 17.7 Å². The van der Waals surface area contributed by atoms with Crippen LogP contribution in [0.4, 0.5) is 4.39 Å². The third kappa shape index (κ3) is 3.13. The predicted molar refractivity (Wildman–Crippen MR) is 109 cm³/mol. The van der Waals surface area contributed by atoms with E-state index in [1.54, 1.807) is 19.1 Å². The topological polar surface area (TPSA) is 117 Å². The Bertz CT molecular complexity index is 1240. The van der Waals surface area contributed by atoms with E-state index >= 15 is 0 Å². The molecule has 0 spiro atoms. The summed E-state index contributed by atoms with van der Waals surface area (Å²) in [5.41, 5.74) is 0.206. The number of aromatic nitrogens is 1. The number of benzene rings is 1. The van der Waals surface area contributed by atoms with Gasteiger partial charge in [-0.1, -0.05) is 24.3 Å². The highest BCUT2D eigenvalue weighted by Crippen LogP contribution is 2.50. The fourth-order valence-corrected chi connectivity index (χ4v) is 6.66. The van der Waals surface area contributed by atoms with Gasteiger partial charge >= 0.3 is 5.97 Å². The Kier molecular flexibility index (Phi) is 5.32. The first-order valence-electron chi connectivity index (χ1n) is 9.72. The molecule has 1 aromatic heterocycles. The smallest absolute Gasteiger partial charge is 0.308 e. The van der Waals surface area contributed by atoms with E-state index in [0.29, 0.717) is 5.56 Å². The van der Waals surface area contributed by atoms with Crippen molar-refractivity contribution in [2.75, 3.05) is 6.61 Å². The molecule has 164 valence electrons. The maximum absolute atomic E-state index is 14.4. The average molecular weight is 448 g/mol. The number of hydrogen-bond donors (Lipinski definition) is 2. The van der Waals surface area contributed by atoms with Gasteiger partial charge in [-0.25, -0.2) is 12.8 Å². The molecule has 1 aromatic carbocycles. The second-order valence-corrected chi connectivity index (χ2v) is 9.43. The Morgan fingerprint density at radius 1 is 1.26 bits per heavy atom. The number of halogens is 1. The number of hydrogen-bond acceptors (Lipinski definition) is 5. The summed E-state index contributed by atoms with van der Waals surface area (Å²) in [5.74, 6) is -4.51. The van der Waals surface area contributed by atoms with Gasteiger partial charge in [0.05, 0.1) is 12.0 Å². The molecule has 0 aliphatic carbocycles. The van der Waals surface area contributed by atoms with Gasteiger partial charge < -0.3 is 14.8 Å². The van der Waals surface area contributed by atoms with E-state index in [1.807, 2.05) is 0 Å². The molecule has 1 fully saturated rings. The van der Waals surface area contributed by atoms with Crippen LogP contribution in [0.25, 0.3) is 6.08 Å². The highest BCUT2D eigenvalue weighted by molar-refractivity contribution is 7.89. The summed E-state index contributed by atoms with van der Waals surface area (Å²) in [7, 11) is -4.46. The number of allylic oxidation sites excluding steroid dienone is 1. The number of aliphatic hydroxyl groups excluding tert-OH is 1. The van der Waals surface area contributed by atoms with Gasteiger partial charge in [-0.2, -0.15) is 4.31 Å². The molecule has 4 atom stereocenters. The zero-order valence-electron chi connectivity index (χ0n) is 16.6. The van der Waals surface area contributed by atoms with Gasteiger partial charge in [0.15, 0.2) is 0 Å². The first-order valence-corrected chi connectivity index (χ1v) is 11.2. The zero-order chi connectivity index (χ0) is 22.5. The normalized spacial score (nSPS) is 25.6. The van der Waals surface area contributed by atoms with E-state index < -0.39 is 57.2 Å². The zero-order valence-corrected chi connectivity index (χ0v) is 17.4. The molecule has 2 aromatic rings. The summed E-state index contributed by atoms with van der Waals surface area (Å²) in [6, 6.07) is 5.61. The minimum atomic E-state index is -4.46. The van der Waals surface area contributed by atoms with E-state index in [1.165, 1.54) is 28.8 Å². The number of carbonyl (C=O) groups is 1. The SMILES string of the molecule is C/C=C\c1ccc2n(c1=O)C[C@H]1[C@H](CO)[C@@H](C(=O)O)[C@@H]2N1S(=O)(=O)c1ccccc1F. The second kappa shape index (κ2) is 7.70. The summed E-state index contributed by atoms with van der Waals surface area (Å²) in [4.78, 5) is 24.5. The molecule has 1 saturated heterocycles. The van der Waals surface area contributed by atoms with Gasteiger partial charge in [-0.05, 0) is 31.2 Å². The van der Waals surface area contributed by atoms with Crippen LogP contribution in [-0.2, 0) is 21.4 Å². The van der Waals surface area contributed by atoms with Crippen molar-refractivity contribution in [1.82, 2.24) is 8.87 Å². The van der Waals surface area contributed by atoms with Crippen molar-refractivity contribution in [3.8, 4) is 0 Å². The van der Waals surface area contributed by atoms with Crippen LogP contribution < -0.4 is 5.56 Å². The standard InChI is InChI=1S/C21H21FN2O6S/c1-2-5-12-8-9-15-19-18(21(27)28)13(11-25)16(10-23(15)20(12)26)24(19)31(29,30)17-7-4-3-6-14(17)22/h2-9,13,16,18-19,25H,10-11H2,1H3,(H,27,28)/b5-2-/t13-,16-,18+,19+/m0/s1. The van der Waals surface area contributed by atoms with Crippen molar-refractivity contribution in [2.45, 2.75) is 30.4 Å². The molecule has 2 aliphatic heterocycles. The van der Waals surface area contributed by atoms with E-state index in [9.17, 15) is 32.6 Å². The molecule has 3 heterocycles. The number of fused-ring (bicyclic) bond motifs is 4. The highest BCUT2D eigenvalue weighted by atomic mass is 32.2. The lowest BCUT2D eigenvalue weighted by molar-refractivity contribution is -0.144. The van der Waals surface area contributed by atoms with E-state index in [-0.39, 0.29) is 17.8 Å². The summed E-state index contributed by atoms with van der Waals surface area (Å²) < 4.78 is 43.7. The van der Waals surface area contributed by atoms with Crippen LogP contribution in [0.1, 0.15) is 24.2 Å². The minimum Gasteiger partial charge on any atom is -0.481 e. The third-order valence-electron chi connectivity index (χ3n) is 6.04. The monoisotopic (exact) mass is 448 g/mol. The fourth-order valence-electron chi connectivity index (χ4n) is 4.76. The summed E-state index contributed by atoms with van der Waals surface area (Å²) in [5, 5.41) is 19.9. The molecule has 2 aliphatic rings. The Morgan fingerprint density at radius 3 is 2.58 bits per heavy atom. The van der Waals surface area contributed by atoms with E-state index in [0.717, 1.165) is 16.4 Å². The Labute approximate surface area is 177 Å². The van der Waals surface area contributed by atoms with Gasteiger partial charge in [-0.3, -0.25) is 9.59 Å². The lowest BCUT2D eigenvalue weighted by Crippen LogP contribution is -2.49. The van der Waals surface area contributed by atoms with Crippen LogP contribution in [-0.4, -0.2) is 46.1 Å². The van der Waals surface area contributed by atoms with Crippen molar-refractivity contribution in [3.63, 3.8) is 0 Å². The Morgan fingerprint density at radius 2 is 1.97 bits per heavy atom. The van der Waals surface area contributed by atoms with Gasteiger partial charge in [0.2, 0.25) is 10.0 Å². The van der Waals surface area contributed by atoms with Gasteiger partial charge in [0, 0.05) is 36.4 Å². The van der Waals surface area contributed by atoms with Crippen LogP contribution in [0.2, 0.25) is 0 Å². The van der Waals surface area contributed by atoms with Gasteiger partial charge in [-0.15, -0.1) is 0 Å². The molecule has 0 radical (unpaired) electrons. The van der Waals surface area contributed by atoms with Crippen LogP contribution >= 0.6 is 0 Å². The largest absolute Gasteiger partial charge is 0.481 e. The number of carboxylic acid groups (broad SMARTS) is 1. The minimum absolute atomic E-state index is 0.140. The number of aliphatic carboxylic acids is 1. The molecule has 0 saturated carbocycles. The van der Waals surface area contributed by atoms with Gasteiger partial charge in [0.1, 0.15) is 10.7 Å². The Balaban J connectivity index is 1.97. The summed E-state index contributed by atoms with van der Waals surface area (Å²) >= 11 is 0. The molecule has 2 N–H and O–H groups in total. The molecule has 2 bridgehead atoms. The number of aliphatic hydroxyl groups is 1. The second-order valence-electron chi connectivity index (χ2n) is 7.62. The lowest BCUT2D eigenvalue weighted by atomic mass is 9.87. The summed E-state index contributed by atoms with van der Waals surface area (Å²) in [6.45, 7) is 1.02. The molecule has 31 heavy (non-hydrogen) atoms. The van der Waals surface area contributed by atoms with Crippen molar-refractivity contribution < 1.29 is 27.8 Å². The van der Waals surface area contributed by atoms with Crippen molar-refractivity contribution in [3.05, 3.63) is 69.9 Å². The van der Waals surface area contributed by atoms with E-state index in [4.69, 9.17) is 0 Å². The first kappa shape index (κ1) is 21.4. The molecular weight excluding hydrogens is 427 g/mol. The quantitative estimate of drug-likeness (QED) is 0.715. The highest BCUT2D eigenvalue weighted by Gasteiger charge is 2.60. The predicted octanol–water partition coefficient (Wildman–Crippen LogP) is 1.46. The van der Waals surface area contributed by atoms with Crippen LogP contribution in [0.15, 0.2) is 52.2 Å². The fraction of sp³-hybridized carbons (Fsp3) is 0.333. The van der Waals surface area contributed by atoms with Crippen LogP contribution in [0.5, 0.6) is 0 Å². The maximum atomic E-state index is 14.4. The lowest BCUT2D eigenvalue weighted by Gasteiger charge is -2.37. The van der Waals surface area contributed by atoms with Crippen molar-refractivity contribution in [2.24, 2.45) is 11.8 Å². The first-order chi connectivity index (χ1) is 14.7. The number of rotatable bonds is 5. The average Bonchev–Trinajstić information content (AvgIpc) is 2.99. The molecule has 4 rings (SSSR count). The van der Waals surface area contributed by atoms with Crippen molar-refractivity contribution in [1.29, 1.82) is 0 Å². The molecule has 10 heteroatoms. The van der Waals surface area contributed by atoms with Crippen molar-refractivity contribution >= 4 is 22.1 Å². The Hall–Kier alpha value is -2.82. The third-order valence-corrected chi connectivity index (χ3v) is 7.98. The number of pyridine rings is 1. The molecular formula is C21H21FN2O6S. The molecule has 8 nitrogen and oxygen atoms in total. The number of carboxylic acids is 1. The van der Waals surface area contributed by atoms with Crippen LogP contribution in [0.3, 0.4) is 0 Å². The number of nitrogens with zero attached hydrogens (tertiary/aromatic N) is 2. The van der Waals surface area contributed by atoms with E-state index in [2.05, 4.69) is 0 Å². The summed E-state index contributed by atoms with van der Waals surface area (Å²) in [6.07, 6.45) is 3.30. The van der Waals surface area contributed by atoms with Gasteiger partial charge in [0.25, 0.3) is 5.56 Å². The molecule has 0 amide bonds. The number of sulfonamides is 1.